The first-order valence-electron chi connectivity index (χ1n) is 13.3. The number of unbranched alkanes of at least 4 members (excludes halogenated alkanes) is 2. The maximum absolute atomic E-state index is 15.1. The first-order chi connectivity index (χ1) is 18.0. The van der Waals surface area contributed by atoms with Crippen LogP contribution in [0.2, 0.25) is 0 Å². The fraction of sp³-hybridized carbons (Fsp3) is 0.375. The summed E-state index contributed by atoms with van der Waals surface area (Å²) in [5, 5.41) is 0. The van der Waals surface area contributed by atoms with Gasteiger partial charge in [-0.25, -0.2) is 8.78 Å². The maximum Gasteiger partial charge on any atom is 0.201 e. The van der Waals surface area contributed by atoms with Crippen molar-refractivity contribution in [3.63, 3.8) is 0 Å². The Labute approximate surface area is 218 Å². The van der Waals surface area contributed by atoms with Crippen molar-refractivity contribution in [1.29, 1.82) is 0 Å². The summed E-state index contributed by atoms with van der Waals surface area (Å²) in [6.45, 7) is 4.86. The van der Waals surface area contributed by atoms with Gasteiger partial charge in [-0.1, -0.05) is 69.5 Å². The van der Waals surface area contributed by atoms with Crippen molar-refractivity contribution in [2.24, 2.45) is 5.92 Å². The Kier molecular flexibility index (Phi) is 9.45. The Hall–Kier alpha value is -3.05. The monoisotopic (exact) mass is 508 g/mol. The molecule has 2 unspecified atom stereocenters. The van der Waals surface area contributed by atoms with Crippen molar-refractivity contribution in [2.75, 3.05) is 6.61 Å². The third-order valence-electron chi connectivity index (χ3n) is 7.03. The van der Waals surface area contributed by atoms with Crippen LogP contribution in [0.1, 0.15) is 70.5 Å². The van der Waals surface area contributed by atoms with Gasteiger partial charge in [0.25, 0.3) is 0 Å². The van der Waals surface area contributed by atoms with E-state index in [4.69, 9.17) is 9.47 Å². The summed E-state index contributed by atoms with van der Waals surface area (Å²) in [6, 6.07) is 14.9. The molecule has 4 rings (SSSR count). The number of halogens is 3. The van der Waals surface area contributed by atoms with Crippen LogP contribution in [-0.2, 0) is 4.74 Å². The first-order valence-corrected chi connectivity index (χ1v) is 13.3. The van der Waals surface area contributed by atoms with Gasteiger partial charge in [-0.05, 0) is 72.6 Å². The van der Waals surface area contributed by atoms with E-state index in [1.165, 1.54) is 44.1 Å². The number of hydrogen-bond donors (Lipinski definition) is 0. The lowest BCUT2D eigenvalue weighted by atomic mass is 9.90. The van der Waals surface area contributed by atoms with Crippen molar-refractivity contribution in [3.8, 4) is 28.0 Å². The van der Waals surface area contributed by atoms with Gasteiger partial charge in [0.15, 0.2) is 11.6 Å². The van der Waals surface area contributed by atoms with E-state index < -0.39 is 11.6 Å². The van der Waals surface area contributed by atoms with E-state index in [-0.39, 0.29) is 23.2 Å². The highest BCUT2D eigenvalue weighted by Crippen LogP contribution is 2.36. The highest BCUT2D eigenvalue weighted by molar-refractivity contribution is 5.71. The summed E-state index contributed by atoms with van der Waals surface area (Å²) < 4.78 is 55.5. The third kappa shape index (κ3) is 6.64. The molecule has 0 radical (unpaired) electrons. The van der Waals surface area contributed by atoms with Crippen LogP contribution in [0.4, 0.5) is 13.2 Å². The van der Waals surface area contributed by atoms with Crippen molar-refractivity contribution >= 4 is 0 Å². The molecule has 0 spiro atoms. The average molecular weight is 509 g/mol. The molecular formula is C32H35F3O2. The third-order valence-corrected chi connectivity index (χ3v) is 7.03. The van der Waals surface area contributed by atoms with Gasteiger partial charge >= 0.3 is 0 Å². The molecule has 37 heavy (non-hydrogen) atoms. The minimum Gasteiger partial charge on any atom is -0.462 e. The zero-order valence-corrected chi connectivity index (χ0v) is 21.6. The largest absolute Gasteiger partial charge is 0.462 e. The van der Waals surface area contributed by atoms with Gasteiger partial charge in [-0.3, -0.25) is 0 Å². The average Bonchev–Trinajstić information content (AvgIpc) is 2.92. The van der Waals surface area contributed by atoms with Crippen molar-refractivity contribution < 1.29 is 22.6 Å². The second-order valence-corrected chi connectivity index (χ2v) is 9.71. The second-order valence-electron chi connectivity index (χ2n) is 9.71. The lowest BCUT2D eigenvalue weighted by Gasteiger charge is -2.29. The molecule has 1 aliphatic rings. The molecule has 3 aromatic carbocycles. The molecule has 3 aromatic rings. The van der Waals surface area contributed by atoms with Crippen LogP contribution >= 0.6 is 0 Å². The Bertz CT molecular complexity index is 1200. The van der Waals surface area contributed by atoms with Crippen LogP contribution in [0.5, 0.6) is 5.75 Å². The summed E-state index contributed by atoms with van der Waals surface area (Å²) in [5.74, 6) is -1.91. The van der Waals surface area contributed by atoms with Gasteiger partial charge in [-0.2, -0.15) is 4.39 Å². The number of benzene rings is 3. The number of ether oxygens (including phenoxy) is 2. The van der Waals surface area contributed by atoms with Gasteiger partial charge in [-0.15, -0.1) is 0 Å². The molecule has 0 amide bonds. The standard InChI is InChI=1S/C32H35F3O2/c1-3-5-7-8-22-9-17-29(37-21-22)25-14-15-26(28(33)20-25)23-10-12-24(13-11-23)27-16-18-30(32(35)31(27)34)36-19-6-4-2/h6,10-16,18-20,22,29H,3-5,7-9,17,21H2,1-2H3. The van der Waals surface area contributed by atoms with Crippen LogP contribution in [-0.4, -0.2) is 6.61 Å². The molecule has 5 heteroatoms. The minimum absolute atomic E-state index is 0.0735. The fourth-order valence-corrected chi connectivity index (χ4v) is 4.84. The molecule has 0 N–H and O–H groups in total. The molecule has 1 saturated heterocycles. The predicted molar refractivity (Wildman–Crippen MR) is 143 cm³/mol. The highest BCUT2D eigenvalue weighted by atomic mass is 19.2. The first kappa shape index (κ1) is 27.0. The topological polar surface area (TPSA) is 18.5 Å². The summed E-state index contributed by atoms with van der Waals surface area (Å²) in [4.78, 5) is 0. The zero-order chi connectivity index (χ0) is 26.2. The molecule has 1 heterocycles. The molecule has 1 fully saturated rings. The SMILES string of the molecule is CCC=COc1ccc(-c2ccc(-c3ccc(C4CCC(CCCCC)CO4)cc3F)cc2)c(F)c1F. The smallest absolute Gasteiger partial charge is 0.201 e. The Balaban J connectivity index is 1.44. The van der Waals surface area contributed by atoms with Gasteiger partial charge in [0.1, 0.15) is 5.82 Å². The normalized spacial score (nSPS) is 17.9. The van der Waals surface area contributed by atoms with E-state index in [0.29, 0.717) is 22.6 Å². The minimum atomic E-state index is -1.04. The van der Waals surface area contributed by atoms with E-state index in [0.717, 1.165) is 31.4 Å². The van der Waals surface area contributed by atoms with Gasteiger partial charge in [0, 0.05) is 11.1 Å². The van der Waals surface area contributed by atoms with Crippen molar-refractivity contribution in [1.82, 2.24) is 0 Å². The molecule has 2 atom stereocenters. The van der Waals surface area contributed by atoms with Crippen LogP contribution in [0, 0.1) is 23.4 Å². The van der Waals surface area contributed by atoms with E-state index in [2.05, 4.69) is 6.92 Å². The van der Waals surface area contributed by atoms with Crippen LogP contribution < -0.4 is 4.74 Å². The van der Waals surface area contributed by atoms with Crippen LogP contribution in [0.3, 0.4) is 0 Å². The zero-order valence-electron chi connectivity index (χ0n) is 21.6. The molecule has 2 nitrogen and oxygen atoms in total. The molecule has 0 aliphatic carbocycles. The number of rotatable bonds is 10. The predicted octanol–water partition coefficient (Wildman–Crippen LogP) is 9.79. The quantitative estimate of drug-likeness (QED) is 0.200. The van der Waals surface area contributed by atoms with Gasteiger partial charge < -0.3 is 9.47 Å². The van der Waals surface area contributed by atoms with Crippen molar-refractivity contribution in [3.05, 3.63) is 90.0 Å². The summed E-state index contributed by atoms with van der Waals surface area (Å²) in [7, 11) is 0. The highest BCUT2D eigenvalue weighted by Gasteiger charge is 2.23. The molecule has 1 aliphatic heterocycles. The molecule has 0 aromatic heterocycles. The van der Waals surface area contributed by atoms with Gasteiger partial charge in [0.2, 0.25) is 5.82 Å². The fourth-order valence-electron chi connectivity index (χ4n) is 4.84. The van der Waals surface area contributed by atoms with E-state index >= 15 is 4.39 Å². The van der Waals surface area contributed by atoms with E-state index in [9.17, 15) is 8.78 Å². The van der Waals surface area contributed by atoms with Gasteiger partial charge in [0.05, 0.1) is 19.0 Å². The maximum atomic E-state index is 15.1. The number of allylic oxidation sites excluding steroid dienone is 1. The number of hydrogen-bond acceptors (Lipinski definition) is 2. The van der Waals surface area contributed by atoms with Crippen molar-refractivity contribution in [2.45, 2.75) is 64.9 Å². The van der Waals surface area contributed by atoms with Crippen LogP contribution in [0.25, 0.3) is 22.3 Å². The Morgan fingerprint density at radius 1 is 0.865 bits per heavy atom. The summed E-state index contributed by atoms with van der Waals surface area (Å²) in [5.41, 5.74) is 2.60. The van der Waals surface area contributed by atoms with E-state index in [1.54, 1.807) is 42.5 Å². The molecule has 0 bridgehead atoms. The Morgan fingerprint density at radius 2 is 1.59 bits per heavy atom. The second kappa shape index (κ2) is 13.0. The van der Waals surface area contributed by atoms with Crippen LogP contribution in [0.15, 0.2) is 66.9 Å². The van der Waals surface area contributed by atoms with E-state index in [1.807, 2.05) is 13.0 Å². The lowest BCUT2D eigenvalue weighted by Crippen LogP contribution is -2.20. The lowest BCUT2D eigenvalue weighted by molar-refractivity contribution is -0.0200. The molecule has 196 valence electrons. The Morgan fingerprint density at radius 3 is 2.24 bits per heavy atom. The summed E-state index contributed by atoms with van der Waals surface area (Å²) in [6.07, 6.45) is 10.7. The molecular weight excluding hydrogens is 473 g/mol. The molecule has 0 saturated carbocycles. The summed E-state index contributed by atoms with van der Waals surface area (Å²) >= 11 is 0.